The predicted octanol–water partition coefficient (Wildman–Crippen LogP) is 3.69. The van der Waals surface area contributed by atoms with Gasteiger partial charge in [0.15, 0.2) is 0 Å². The molecule has 0 radical (unpaired) electrons. The van der Waals surface area contributed by atoms with Gasteiger partial charge in [0.1, 0.15) is 17.5 Å². The molecule has 0 fully saturated rings. The molecule has 0 unspecified atom stereocenters. The average molecular weight is 290 g/mol. The van der Waals surface area contributed by atoms with Crippen molar-refractivity contribution in [3.8, 4) is 0 Å². The van der Waals surface area contributed by atoms with Gasteiger partial charge in [-0.15, -0.1) is 11.3 Å². The van der Waals surface area contributed by atoms with E-state index in [9.17, 15) is 0 Å². The van der Waals surface area contributed by atoms with Crippen molar-refractivity contribution in [1.29, 1.82) is 0 Å². The first kappa shape index (κ1) is 14.8. The summed E-state index contributed by atoms with van der Waals surface area (Å²) in [5.74, 6) is 2.72. The second-order valence-electron chi connectivity index (χ2n) is 4.68. The Kier molecular flexibility index (Phi) is 5.35. The second-order valence-corrected chi connectivity index (χ2v) is 5.71. The molecule has 0 spiro atoms. The fourth-order valence-electron chi connectivity index (χ4n) is 2.00. The molecular weight excluding hydrogens is 268 g/mol. The minimum Gasteiger partial charge on any atom is -0.370 e. The molecule has 0 aliphatic carbocycles. The third-order valence-corrected chi connectivity index (χ3v) is 3.87. The van der Waals surface area contributed by atoms with Crippen LogP contribution in [0, 0.1) is 6.92 Å². The number of nitrogens with zero attached hydrogens (tertiary/aromatic N) is 3. The first-order valence-corrected chi connectivity index (χ1v) is 7.97. The summed E-state index contributed by atoms with van der Waals surface area (Å²) in [6.45, 7) is 9.02. The van der Waals surface area contributed by atoms with Gasteiger partial charge in [0.2, 0.25) is 0 Å². The number of aryl methyl sites for hydroxylation is 1. The van der Waals surface area contributed by atoms with Gasteiger partial charge in [-0.2, -0.15) is 0 Å². The van der Waals surface area contributed by atoms with E-state index in [2.05, 4.69) is 51.5 Å². The van der Waals surface area contributed by atoms with Crippen molar-refractivity contribution in [1.82, 2.24) is 9.97 Å². The van der Waals surface area contributed by atoms with E-state index < -0.39 is 0 Å². The first-order chi connectivity index (χ1) is 9.72. The van der Waals surface area contributed by atoms with Crippen LogP contribution in [0.15, 0.2) is 23.6 Å². The summed E-state index contributed by atoms with van der Waals surface area (Å²) in [4.78, 5) is 12.6. The van der Waals surface area contributed by atoms with E-state index >= 15 is 0 Å². The number of nitrogens with one attached hydrogen (secondary N) is 1. The van der Waals surface area contributed by atoms with E-state index in [1.54, 1.807) is 11.3 Å². The molecule has 2 aromatic rings. The Balaban J connectivity index is 2.17. The molecule has 2 aromatic heterocycles. The zero-order valence-corrected chi connectivity index (χ0v) is 13.2. The molecule has 108 valence electrons. The number of aromatic nitrogens is 2. The van der Waals surface area contributed by atoms with Gasteiger partial charge in [0.05, 0.1) is 6.54 Å². The topological polar surface area (TPSA) is 41.0 Å². The van der Waals surface area contributed by atoms with Gasteiger partial charge >= 0.3 is 0 Å². The lowest BCUT2D eigenvalue weighted by molar-refractivity contribution is 0.812. The van der Waals surface area contributed by atoms with Crippen LogP contribution < -0.4 is 10.2 Å². The zero-order valence-electron chi connectivity index (χ0n) is 12.4. The second kappa shape index (κ2) is 7.24. The largest absolute Gasteiger partial charge is 0.370 e. The molecule has 2 rings (SSSR count). The number of thiophene rings is 1. The quantitative estimate of drug-likeness (QED) is 0.844. The number of rotatable bonds is 7. The van der Waals surface area contributed by atoms with Crippen molar-refractivity contribution in [3.63, 3.8) is 0 Å². The third kappa shape index (κ3) is 3.93. The Labute approximate surface area is 124 Å². The highest BCUT2D eigenvalue weighted by Crippen LogP contribution is 2.20. The molecule has 0 aromatic carbocycles. The van der Waals surface area contributed by atoms with Crippen molar-refractivity contribution in [2.45, 2.75) is 33.7 Å². The molecule has 20 heavy (non-hydrogen) atoms. The van der Waals surface area contributed by atoms with Crippen LogP contribution in [0.25, 0.3) is 0 Å². The highest BCUT2D eigenvalue weighted by molar-refractivity contribution is 7.09. The summed E-state index contributed by atoms with van der Waals surface area (Å²) < 4.78 is 0. The molecule has 4 nitrogen and oxygen atoms in total. The highest BCUT2D eigenvalue weighted by atomic mass is 32.1. The maximum atomic E-state index is 4.57. The molecule has 0 saturated carbocycles. The molecule has 0 amide bonds. The normalized spacial score (nSPS) is 10.6. The molecule has 0 aliphatic rings. The van der Waals surface area contributed by atoms with Gasteiger partial charge in [-0.25, -0.2) is 9.97 Å². The van der Waals surface area contributed by atoms with Crippen molar-refractivity contribution < 1.29 is 0 Å². The minimum atomic E-state index is 0.811. The zero-order chi connectivity index (χ0) is 14.4. The summed E-state index contributed by atoms with van der Waals surface area (Å²) in [5.41, 5.74) is 0. The maximum Gasteiger partial charge on any atom is 0.134 e. The van der Waals surface area contributed by atoms with Crippen LogP contribution in [-0.4, -0.2) is 23.1 Å². The number of hydrogen-bond donors (Lipinski definition) is 1. The van der Waals surface area contributed by atoms with E-state index in [0.29, 0.717) is 0 Å². The Bertz CT molecular complexity index is 525. The van der Waals surface area contributed by atoms with Crippen LogP contribution in [0.3, 0.4) is 0 Å². The summed E-state index contributed by atoms with van der Waals surface area (Å²) >= 11 is 1.78. The minimum absolute atomic E-state index is 0.811. The smallest absolute Gasteiger partial charge is 0.134 e. The van der Waals surface area contributed by atoms with Gasteiger partial charge in [-0.05, 0) is 31.7 Å². The Morgan fingerprint density at radius 2 is 2.15 bits per heavy atom. The van der Waals surface area contributed by atoms with Crippen LogP contribution in [0.5, 0.6) is 0 Å². The maximum absolute atomic E-state index is 4.57. The molecular formula is C15H22N4S. The lowest BCUT2D eigenvalue weighted by atomic mass is 10.3. The van der Waals surface area contributed by atoms with Crippen LogP contribution in [0.1, 0.15) is 31.0 Å². The number of hydrogen-bond acceptors (Lipinski definition) is 5. The van der Waals surface area contributed by atoms with Crippen molar-refractivity contribution in [2.24, 2.45) is 0 Å². The third-order valence-electron chi connectivity index (χ3n) is 3.01. The summed E-state index contributed by atoms with van der Waals surface area (Å²) in [6, 6.07) is 6.30. The summed E-state index contributed by atoms with van der Waals surface area (Å²) in [6.07, 6.45) is 1.09. The van der Waals surface area contributed by atoms with Gasteiger partial charge in [-0.3, -0.25) is 0 Å². The Hall–Kier alpha value is -1.62. The standard InChI is InChI=1S/C15H22N4S/c1-4-8-16-14-10-15(18-12(3)17-14)19(5-2)11-13-7-6-9-20-13/h6-7,9-10H,4-5,8,11H2,1-3H3,(H,16,17,18). The number of anilines is 2. The van der Waals surface area contributed by atoms with E-state index in [4.69, 9.17) is 0 Å². The van der Waals surface area contributed by atoms with E-state index in [1.165, 1.54) is 4.88 Å². The Morgan fingerprint density at radius 3 is 2.80 bits per heavy atom. The van der Waals surface area contributed by atoms with Crippen LogP contribution in [0.4, 0.5) is 11.6 Å². The molecule has 0 saturated heterocycles. The van der Waals surface area contributed by atoms with Crippen molar-refractivity contribution in [2.75, 3.05) is 23.3 Å². The monoisotopic (exact) mass is 290 g/mol. The summed E-state index contributed by atoms with van der Waals surface area (Å²) in [7, 11) is 0. The molecule has 0 bridgehead atoms. The molecule has 2 heterocycles. The average Bonchev–Trinajstić information content (AvgIpc) is 2.95. The van der Waals surface area contributed by atoms with E-state index in [1.807, 2.05) is 13.0 Å². The lowest BCUT2D eigenvalue weighted by Crippen LogP contribution is -2.23. The predicted molar refractivity (Wildman–Crippen MR) is 86.6 cm³/mol. The van der Waals surface area contributed by atoms with Gasteiger partial charge in [0.25, 0.3) is 0 Å². The molecule has 0 atom stereocenters. The molecule has 1 N–H and O–H groups in total. The SMILES string of the molecule is CCCNc1cc(N(CC)Cc2cccs2)nc(C)n1. The summed E-state index contributed by atoms with van der Waals surface area (Å²) in [5, 5.41) is 5.45. The lowest BCUT2D eigenvalue weighted by Gasteiger charge is -2.22. The highest BCUT2D eigenvalue weighted by Gasteiger charge is 2.10. The van der Waals surface area contributed by atoms with E-state index in [-0.39, 0.29) is 0 Å². The fraction of sp³-hybridized carbons (Fsp3) is 0.467. The first-order valence-electron chi connectivity index (χ1n) is 7.09. The van der Waals surface area contributed by atoms with Crippen molar-refractivity contribution >= 4 is 23.0 Å². The van der Waals surface area contributed by atoms with Crippen molar-refractivity contribution in [3.05, 3.63) is 34.3 Å². The van der Waals surface area contributed by atoms with Gasteiger partial charge in [-0.1, -0.05) is 13.0 Å². The molecule has 5 heteroatoms. The Morgan fingerprint density at radius 1 is 1.30 bits per heavy atom. The van der Waals surface area contributed by atoms with Gasteiger partial charge in [0, 0.05) is 24.0 Å². The van der Waals surface area contributed by atoms with Crippen LogP contribution in [-0.2, 0) is 6.54 Å². The van der Waals surface area contributed by atoms with Crippen LogP contribution in [0.2, 0.25) is 0 Å². The van der Waals surface area contributed by atoms with Gasteiger partial charge < -0.3 is 10.2 Å². The van der Waals surface area contributed by atoms with E-state index in [0.717, 1.165) is 43.5 Å². The fourth-order valence-corrected chi connectivity index (χ4v) is 2.72. The van der Waals surface area contributed by atoms with Crippen LogP contribution >= 0.6 is 11.3 Å². The molecule has 0 aliphatic heterocycles.